The van der Waals surface area contributed by atoms with Crippen molar-refractivity contribution in [3.63, 3.8) is 0 Å². The Kier molecular flexibility index (Phi) is 4.24. The number of nitrogens with zero attached hydrogens (tertiary/aromatic N) is 3. The van der Waals surface area contributed by atoms with Crippen LogP contribution < -0.4 is 0 Å². The molecule has 0 radical (unpaired) electrons. The Hall–Kier alpha value is -2.11. The minimum Gasteiger partial charge on any atom is -0.435 e. The molecule has 6 heteroatoms. The van der Waals surface area contributed by atoms with Crippen molar-refractivity contribution in [3.8, 4) is 0 Å². The van der Waals surface area contributed by atoms with Crippen molar-refractivity contribution < 1.29 is 9.21 Å². The summed E-state index contributed by atoms with van der Waals surface area (Å²) in [6, 6.07) is 2.01. The van der Waals surface area contributed by atoms with Gasteiger partial charge in [-0.2, -0.15) is 5.10 Å². The molecule has 6 nitrogen and oxygen atoms in total. The van der Waals surface area contributed by atoms with Gasteiger partial charge in [-0.1, -0.05) is 20.8 Å². The average molecular weight is 330 g/mol. The van der Waals surface area contributed by atoms with Gasteiger partial charge in [0.15, 0.2) is 5.89 Å². The van der Waals surface area contributed by atoms with E-state index in [0.717, 1.165) is 17.8 Å². The maximum absolute atomic E-state index is 12.6. The van der Waals surface area contributed by atoms with E-state index in [1.165, 1.54) is 12.8 Å². The van der Waals surface area contributed by atoms with Gasteiger partial charge in [-0.3, -0.25) is 9.89 Å². The zero-order chi connectivity index (χ0) is 17.5. The molecule has 24 heavy (non-hydrogen) atoms. The lowest BCUT2D eigenvalue weighted by atomic mass is 9.92. The zero-order valence-corrected chi connectivity index (χ0v) is 15.1. The predicted octanol–water partition coefficient (Wildman–Crippen LogP) is 3.23. The second-order valence-corrected chi connectivity index (χ2v) is 7.86. The number of aryl methyl sites for hydroxylation is 1. The number of hydrogen-bond donors (Lipinski definition) is 1. The molecule has 0 aliphatic heterocycles. The van der Waals surface area contributed by atoms with E-state index in [4.69, 9.17) is 4.42 Å². The number of aromatic amines is 1. The van der Waals surface area contributed by atoms with Crippen LogP contribution in [0.15, 0.2) is 10.5 Å². The van der Waals surface area contributed by atoms with Crippen molar-refractivity contribution in [3.05, 3.63) is 34.8 Å². The summed E-state index contributed by atoms with van der Waals surface area (Å²) in [6.07, 6.45) is 3.31. The van der Waals surface area contributed by atoms with Gasteiger partial charge in [0.25, 0.3) is 5.91 Å². The first-order valence-electron chi connectivity index (χ1n) is 8.50. The SMILES string of the molecule is Cc1nc(CC2CC2)oc1C(=O)N(C)Cc1cc(C(C)(C)C)n[nH]1. The second kappa shape index (κ2) is 6.07. The third-order valence-electron chi connectivity index (χ3n) is 4.35. The minimum absolute atomic E-state index is 0.0173. The zero-order valence-electron chi connectivity index (χ0n) is 15.1. The molecule has 1 amide bonds. The van der Waals surface area contributed by atoms with Crippen molar-refractivity contribution in [2.45, 2.75) is 58.9 Å². The number of carbonyl (C=O) groups is 1. The van der Waals surface area contributed by atoms with Crippen LogP contribution in [-0.2, 0) is 18.4 Å². The van der Waals surface area contributed by atoms with Crippen molar-refractivity contribution in [2.24, 2.45) is 5.92 Å². The van der Waals surface area contributed by atoms with Gasteiger partial charge < -0.3 is 9.32 Å². The summed E-state index contributed by atoms with van der Waals surface area (Å²) >= 11 is 0. The second-order valence-electron chi connectivity index (χ2n) is 7.86. The van der Waals surface area contributed by atoms with Gasteiger partial charge in [0.2, 0.25) is 5.76 Å². The molecule has 0 atom stereocenters. The molecule has 3 rings (SSSR count). The van der Waals surface area contributed by atoms with Gasteiger partial charge in [0.1, 0.15) is 0 Å². The van der Waals surface area contributed by atoms with E-state index in [2.05, 4.69) is 36.0 Å². The lowest BCUT2D eigenvalue weighted by molar-refractivity contribution is 0.0748. The first kappa shape index (κ1) is 16.7. The molecule has 1 aliphatic rings. The number of carbonyl (C=O) groups excluding carboxylic acids is 1. The van der Waals surface area contributed by atoms with Gasteiger partial charge in [0, 0.05) is 18.9 Å². The normalized spacial score (nSPS) is 14.9. The smallest absolute Gasteiger partial charge is 0.291 e. The van der Waals surface area contributed by atoms with Crippen LogP contribution in [0.1, 0.15) is 67.1 Å². The number of hydrogen-bond acceptors (Lipinski definition) is 4. The quantitative estimate of drug-likeness (QED) is 0.913. The number of aromatic nitrogens is 3. The molecule has 1 saturated carbocycles. The molecule has 1 fully saturated rings. The molecule has 0 bridgehead atoms. The molecule has 2 aromatic rings. The van der Waals surface area contributed by atoms with Gasteiger partial charge >= 0.3 is 0 Å². The fraction of sp³-hybridized carbons (Fsp3) is 0.611. The van der Waals surface area contributed by atoms with E-state index in [0.29, 0.717) is 29.8 Å². The summed E-state index contributed by atoms with van der Waals surface area (Å²) in [6.45, 7) is 8.62. The van der Waals surface area contributed by atoms with E-state index < -0.39 is 0 Å². The number of H-pyrrole nitrogens is 1. The van der Waals surface area contributed by atoms with E-state index in [-0.39, 0.29) is 11.3 Å². The largest absolute Gasteiger partial charge is 0.435 e. The Morgan fingerprint density at radius 3 is 2.71 bits per heavy atom. The molecule has 2 heterocycles. The van der Waals surface area contributed by atoms with Crippen molar-refractivity contribution in [2.75, 3.05) is 7.05 Å². The summed E-state index contributed by atoms with van der Waals surface area (Å²) < 4.78 is 5.72. The van der Waals surface area contributed by atoms with Crippen LogP contribution in [0.5, 0.6) is 0 Å². The standard InChI is InChI=1S/C18H26N4O2/c1-11-16(24-15(19-11)8-12-6-7-12)17(23)22(5)10-13-9-14(21-20-13)18(2,3)4/h9,12H,6-8,10H2,1-5H3,(H,20,21). The molecule has 0 unspecified atom stereocenters. The van der Waals surface area contributed by atoms with Crippen LogP contribution in [0.2, 0.25) is 0 Å². The van der Waals surface area contributed by atoms with Gasteiger partial charge in [0.05, 0.1) is 23.6 Å². The summed E-state index contributed by atoms with van der Waals surface area (Å²) in [5, 5.41) is 7.35. The number of oxazole rings is 1. The third kappa shape index (κ3) is 3.68. The van der Waals surface area contributed by atoms with Crippen molar-refractivity contribution in [1.82, 2.24) is 20.1 Å². The first-order valence-corrected chi connectivity index (χ1v) is 8.50. The van der Waals surface area contributed by atoms with E-state index in [9.17, 15) is 4.79 Å². The highest BCUT2D eigenvalue weighted by atomic mass is 16.4. The summed E-state index contributed by atoms with van der Waals surface area (Å²) in [4.78, 5) is 18.7. The van der Waals surface area contributed by atoms with Gasteiger partial charge in [-0.25, -0.2) is 4.98 Å². The summed E-state index contributed by atoms with van der Waals surface area (Å²) in [5.74, 6) is 1.57. The first-order chi connectivity index (χ1) is 11.2. The van der Waals surface area contributed by atoms with Crippen LogP contribution in [0.4, 0.5) is 0 Å². The molecule has 0 saturated heterocycles. The lowest BCUT2D eigenvalue weighted by Gasteiger charge is -2.15. The molecule has 1 N–H and O–H groups in total. The Labute approximate surface area is 142 Å². The average Bonchev–Trinajstić information content (AvgIpc) is 3.03. The minimum atomic E-state index is -0.144. The summed E-state index contributed by atoms with van der Waals surface area (Å²) in [7, 11) is 1.77. The fourth-order valence-electron chi connectivity index (χ4n) is 2.63. The van der Waals surface area contributed by atoms with Crippen molar-refractivity contribution >= 4 is 5.91 Å². The highest BCUT2D eigenvalue weighted by Gasteiger charge is 2.27. The molecule has 2 aromatic heterocycles. The Bertz CT molecular complexity index is 735. The van der Waals surface area contributed by atoms with E-state index >= 15 is 0 Å². The lowest BCUT2D eigenvalue weighted by Crippen LogP contribution is -2.26. The fourth-order valence-corrected chi connectivity index (χ4v) is 2.63. The molecule has 130 valence electrons. The van der Waals surface area contributed by atoms with Crippen molar-refractivity contribution in [1.29, 1.82) is 0 Å². The Balaban J connectivity index is 1.68. The molecule has 1 aliphatic carbocycles. The highest BCUT2D eigenvalue weighted by Crippen LogP contribution is 2.32. The number of nitrogens with one attached hydrogen (secondary N) is 1. The number of amides is 1. The van der Waals surface area contributed by atoms with Gasteiger partial charge in [-0.15, -0.1) is 0 Å². The molecular formula is C18H26N4O2. The Morgan fingerprint density at radius 1 is 1.42 bits per heavy atom. The molecule has 0 spiro atoms. The van der Waals surface area contributed by atoms with Crippen LogP contribution in [-0.4, -0.2) is 33.0 Å². The van der Waals surface area contributed by atoms with Crippen LogP contribution in [0.3, 0.4) is 0 Å². The molecule has 0 aromatic carbocycles. The highest BCUT2D eigenvalue weighted by molar-refractivity contribution is 5.92. The maximum Gasteiger partial charge on any atom is 0.291 e. The molecular weight excluding hydrogens is 304 g/mol. The van der Waals surface area contributed by atoms with Crippen LogP contribution >= 0.6 is 0 Å². The predicted molar refractivity (Wildman–Crippen MR) is 90.8 cm³/mol. The summed E-state index contributed by atoms with van der Waals surface area (Å²) in [5.41, 5.74) is 2.55. The maximum atomic E-state index is 12.6. The monoisotopic (exact) mass is 330 g/mol. The van der Waals surface area contributed by atoms with Crippen LogP contribution in [0, 0.1) is 12.8 Å². The van der Waals surface area contributed by atoms with E-state index in [1.54, 1.807) is 11.9 Å². The topological polar surface area (TPSA) is 75.0 Å². The number of rotatable bonds is 5. The third-order valence-corrected chi connectivity index (χ3v) is 4.35. The van der Waals surface area contributed by atoms with Crippen LogP contribution in [0.25, 0.3) is 0 Å². The Morgan fingerprint density at radius 2 is 2.12 bits per heavy atom. The van der Waals surface area contributed by atoms with Gasteiger partial charge in [-0.05, 0) is 31.7 Å². The van der Waals surface area contributed by atoms with E-state index in [1.807, 2.05) is 13.0 Å².